The number of carboxylic acid groups (broad SMARTS) is 1. The molecule has 0 bridgehead atoms. The summed E-state index contributed by atoms with van der Waals surface area (Å²) in [6, 6.07) is 13.6. The summed E-state index contributed by atoms with van der Waals surface area (Å²) in [5, 5.41) is 14.8. The number of carbonyl (C=O) groups is 2. The Morgan fingerprint density at radius 3 is 2.41 bits per heavy atom. The van der Waals surface area contributed by atoms with E-state index in [1.807, 2.05) is 55.1 Å². The van der Waals surface area contributed by atoms with E-state index in [0.717, 1.165) is 37.2 Å². The van der Waals surface area contributed by atoms with Crippen molar-refractivity contribution < 1.29 is 28.6 Å². The van der Waals surface area contributed by atoms with Crippen LogP contribution >= 0.6 is 0 Å². The van der Waals surface area contributed by atoms with Crippen LogP contribution in [-0.2, 0) is 11.3 Å². The maximum atomic E-state index is 12.8. The highest BCUT2D eigenvalue weighted by Gasteiger charge is 2.28. The molecule has 0 spiro atoms. The summed E-state index contributed by atoms with van der Waals surface area (Å²) >= 11 is 0. The molecule has 0 radical (unpaired) electrons. The second-order valence-corrected chi connectivity index (χ2v) is 9.73. The third-order valence-corrected chi connectivity index (χ3v) is 6.96. The first-order valence-electron chi connectivity index (χ1n) is 13.9. The van der Waals surface area contributed by atoms with E-state index in [1.54, 1.807) is 18.2 Å². The fraction of sp³-hybridized carbons (Fsp3) is 0.367. The largest absolute Gasteiger partial charge is 0.492 e. The van der Waals surface area contributed by atoms with E-state index in [1.165, 1.54) is 0 Å². The number of piperidine rings is 1. The van der Waals surface area contributed by atoms with E-state index in [4.69, 9.17) is 24.0 Å². The van der Waals surface area contributed by atoms with Crippen molar-refractivity contribution in [3.63, 3.8) is 0 Å². The summed E-state index contributed by atoms with van der Waals surface area (Å²) in [6.45, 7) is 6.63. The molecule has 11 heteroatoms. The molecule has 1 amide bonds. The number of benzene rings is 2. The molecule has 0 saturated carbocycles. The van der Waals surface area contributed by atoms with E-state index in [2.05, 4.69) is 15.5 Å². The van der Waals surface area contributed by atoms with Gasteiger partial charge in [0, 0.05) is 25.0 Å². The molecule has 4 aromatic rings. The Balaban J connectivity index is 1.55. The van der Waals surface area contributed by atoms with Crippen LogP contribution in [0.25, 0.3) is 16.8 Å². The van der Waals surface area contributed by atoms with Gasteiger partial charge in [-0.15, -0.1) is 0 Å². The lowest BCUT2D eigenvalue weighted by molar-refractivity contribution is -0.135. The fourth-order valence-corrected chi connectivity index (χ4v) is 5.16. The summed E-state index contributed by atoms with van der Waals surface area (Å²) in [4.78, 5) is 30.6. The number of carboxylic acids is 1. The number of carbonyl (C=O) groups excluding carboxylic acids is 1. The number of anilines is 1. The summed E-state index contributed by atoms with van der Waals surface area (Å²) in [5.74, 6) is -0.214. The van der Waals surface area contributed by atoms with Crippen LogP contribution in [0, 0.1) is 0 Å². The van der Waals surface area contributed by atoms with Crippen molar-refractivity contribution in [2.45, 2.75) is 39.3 Å². The SMILES string of the molecule is CCOc1cc(CN(c2nc3c(C(=O)NCC(=O)O)cccc3o2)C2CCNCC2)cc(OCC)c1-n1cccc1. The van der Waals surface area contributed by atoms with Crippen molar-refractivity contribution in [1.29, 1.82) is 0 Å². The predicted octanol–water partition coefficient (Wildman–Crippen LogP) is 3.99. The number of amides is 1. The van der Waals surface area contributed by atoms with Gasteiger partial charge in [-0.05, 0) is 81.7 Å². The second kappa shape index (κ2) is 12.8. The van der Waals surface area contributed by atoms with Crippen LogP contribution in [0.4, 0.5) is 6.01 Å². The summed E-state index contributed by atoms with van der Waals surface area (Å²) in [5.41, 5.74) is 2.91. The number of aliphatic carboxylic acids is 1. The number of hydrogen-bond acceptors (Lipinski definition) is 8. The van der Waals surface area contributed by atoms with E-state index < -0.39 is 18.4 Å². The molecule has 0 unspecified atom stereocenters. The van der Waals surface area contributed by atoms with Crippen molar-refractivity contribution in [2.24, 2.45) is 0 Å². The first-order valence-corrected chi connectivity index (χ1v) is 13.9. The topological polar surface area (TPSA) is 131 Å². The number of ether oxygens (including phenoxy) is 2. The average Bonchev–Trinajstić information content (AvgIpc) is 3.66. The zero-order chi connectivity index (χ0) is 28.8. The molecule has 216 valence electrons. The highest BCUT2D eigenvalue weighted by molar-refractivity contribution is 6.05. The van der Waals surface area contributed by atoms with Crippen LogP contribution < -0.4 is 25.0 Å². The smallest absolute Gasteiger partial charge is 0.322 e. The van der Waals surface area contributed by atoms with Crippen LogP contribution in [0.5, 0.6) is 11.5 Å². The first kappa shape index (κ1) is 28.0. The zero-order valence-corrected chi connectivity index (χ0v) is 23.3. The van der Waals surface area contributed by atoms with Crippen molar-refractivity contribution in [1.82, 2.24) is 20.2 Å². The van der Waals surface area contributed by atoms with Gasteiger partial charge in [0.2, 0.25) is 0 Å². The number of aromatic nitrogens is 2. The van der Waals surface area contributed by atoms with E-state index in [9.17, 15) is 9.59 Å². The quantitative estimate of drug-likeness (QED) is 0.235. The zero-order valence-electron chi connectivity index (χ0n) is 23.3. The Bertz CT molecular complexity index is 1470. The molecule has 41 heavy (non-hydrogen) atoms. The molecule has 1 aliphatic rings. The molecule has 1 saturated heterocycles. The van der Waals surface area contributed by atoms with Crippen LogP contribution in [0.2, 0.25) is 0 Å². The molecule has 3 N–H and O–H groups in total. The molecular weight excluding hydrogens is 526 g/mol. The summed E-state index contributed by atoms with van der Waals surface area (Å²) in [6.07, 6.45) is 5.71. The minimum absolute atomic E-state index is 0.142. The van der Waals surface area contributed by atoms with Gasteiger partial charge in [-0.25, -0.2) is 0 Å². The molecule has 0 aliphatic carbocycles. The maximum Gasteiger partial charge on any atom is 0.322 e. The Labute approximate surface area is 238 Å². The molecular formula is C30H35N5O6. The van der Waals surface area contributed by atoms with Gasteiger partial charge >= 0.3 is 5.97 Å². The Hall–Kier alpha value is -4.51. The highest BCUT2D eigenvalue weighted by Crippen LogP contribution is 2.37. The van der Waals surface area contributed by atoms with E-state index >= 15 is 0 Å². The van der Waals surface area contributed by atoms with Gasteiger partial charge in [0.15, 0.2) is 5.58 Å². The Morgan fingerprint density at radius 2 is 1.78 bits per heavy atom. The maximum absolute atomic E-state index is 12.8. The molecule has 2 aromatic carbocycles. The van der Waals surface area contributed by atoms with Gasteiger partial charge in [-0.2, -0.15) is 4.98 Å². The lowest BCUT2D eigenvalue weighted by atomic mass is 10.0. The number of nitrogens with one attached hydrogen (secondary N) is 2. The molecule has 2 aromatic heterocycles. The van der Waals surface area contributed by atoms with Gasteiger partial charge in [-0.1, -0.05) is 6.07 Å². The molecule has 3 heterocycles. The van der Waals surface area contributed by atoms with Crippen molar-refractivity contribution in [2.75, 3.05) is 37.7 Å². The number of fused-ring (bicyclic) bond motifs is 1. The molecule has 1 aliphatic heterocycles. The molecule has 1 fully saturated rings. The number of para-hydroxylation sites is 1. The van der Waals surface area contributed by atoms with E-state index in [-0.39, 0.29) is 11.6 Å². The van der Waals surface area contributed by atoms with Crippen LogP contribution in [-0.4, -0.2) is 65.4 Å². The Kier molecular flexibility index (Phi) is 8.73. The predicted molar refractivity (Wildman–Crippen MR) is 154 cm³/mol. The number of rotatable bonds is 12. The lowest BCUT2D eigenvalue weighted by Crippen LogP contribution is -2.43. The van der Waals surface area contributed by atoms with Crippen LogP contribution in [0.3, 0.4) is 0 Å². The lowest BCUT2D eigenvalue weighted by Gasteiger charge is -2.34. The average molecular weight is 562 g/mol. The second-order valence-electron chi connectivity index (χ2n) is 9.73. The minimum atomic E-state index is -1.12. The van der Waals surface area contributed by atoms with Crippen LogP contribution in [0.15, 0.2) is 59.3 Å². The third-order valence-electron chi connectivity index (χ3n) is 6.96. The monoisotopic (exact) mass is 561 g/mol. The molecule has 11 nitrogen and oxygen atoms in total. The number of nitrogens with zero attached hydrogens (tertiary/aromatic N) is 3. The van der Waals surface area contributed by atoms with Crippen molar-refractivity contribution in [3.8, 4) is 17.2 Å². The van der Waals surface area contributed by atoms with Gasteiger partial charge in [0.1, 0.15) is 29.2 Å². The third kappa shape index (κ3) is 6.30. The summed E-state index contributed by atoms with van der Waals surface area (Å²) < 4.78 is 20.4. The highest BCUT2D eigenvalue weighted by atomic mass is 16.5. The number of oxazole rings is 1. The Morgan fingerprint density at radius 1 is 1.10 bits per heavy atom. The van der Waals surface area contributed by atoms with E-state index in [0.29, 0.717) is 48.4 Å². The van der Waals surface area contributed by atoms with Gasteiger partial charge in [-0.3, -0.25) is 9.59 Å². The van der Waals surface area contributed by atoms with Gasteiger partial charge < -0.3 is 39.1 Å². The normalized spacial score (nSPS) is 13.7. The van der Waals surface area contributed by atoms with Gasteiger partial charge in [0.05, 0.1) is 18.8 Å². The molecule has 5 rings (SSSR count). The fourth-order valence-electron chi connectivity index (χ4n) is 5.16. The standard InChI is InChI=1S/C30H35N5O6/c1-3-39-24-16-20(17-25(40-4-2)28(24)34-14-5-6-15-34)19-35(21-10-12-31-13-11-21)30-33-27-22(8-7-9-23(27)41-30)29(38)32-18-26(36)37/h5-9,14-17,21,31H,3-4,10-13,18-19H2,1-2H3,(H,32,38)(H,36,37). The number of hydrogen-bond donors (Lipinski definition) is 3. The first-order chi connectivity index (χ1) is 20.0. The van der Waals surface area contributed by atoms with Crippen molar-refractivity contribution in [3.05, 3.63) is 66.0 Å². The van der Waals surface area contributed by atoms with Gasteiger partial charge in [0.25, 0.3) is 11.9 Å². The van der Waals surface area contributed by atoms with Crippen LogP contribution in [0.1, 0.15) is 42.6 Å². The summed E-state index contributed by atoms with van der Waals surface area (Å²) in [7, 11) is 0. The minimum Gasteiger partial charge on any atom is -0.492 e. The molecule has 0 atom stereocenters. The van der Waals surface area contributed by atoms with Crippen molar-refractivity contribution >= 4 is 29.0 Å².